The van der Waals surface area contributed by atoms with E-state index < -0.39 is 29.7 Å². The fourth-order valence-electron chi connectivity index (χ4n) is 4.94. The maximum Gasteiger partial charge on any atom is 0.301 e. The van der Waals surface area contributed by atoms with Crippen molar-refractivity contribution in [2.24, 2.45) is 13.0 Å². The molecule has 1 saturated carbocycles. The van der Waals surface area contributed by atoms with Gasteiger partial charge in [-0.05, 0) is 43.9 Å². The first-order chi connectivity index (χ1) is 17.0. The first kappa shape index (κ1) is 23.2. The van der Waals surface area contributed by atoms with Crippen LogP contribution in [0.2, 0.25) is 5.02 Å². The van der Waals surface area contributed by atoms with Crippen LogP contribution in [-0.2, 0) is 7.05 Å². The predicted molar refractivity (Wildman–Crippen MR) is 133 cm³/mol. The molecular formula is C24H25ClF2N6O3. The van der Waals surface area contributed by atoms with Gasteiger partial charge >= 0.3 is 5.92 Å². The second-order valence-electron chi connectivity index (χ2n) is 10.2. The third-order valence-electron chi connectivity index (χ3n) is 6.95. The van der Waals surface area contributed by atoms with Gasteiger partial charge in [-0.2, -0.15) is 4.98 Å². The maximum atomic E-state index is 14.9. The molecule has 3 aromatic rings. The maximum absolute atomic E-state index is 14.9. The minimum atomic E-state index is -3.11. The van der Waals surface area contributed by atoms with E-state index in [2.05, 4.69) is 20.6 Å². The number of ether oxygens (including phenoxy) is 1. The number of anilines is 4. The molecular weight excluding hydrogens is 494 g/mol. The Morgan fingerprint density at radius 3 is 2.75 bits per heavy atom. The third-order valence-corrected chi connectivity index (χ3v) is 7.23. The third kappa shape index (κ3) is 3.90. The molecule has 0 amide bonds. The van der Waals surface area contributed by atoms with Crippen LogP contribution in [0, 0.1) is 5.92 Å². The lowest BCUT2D eigenvalue weighted by Gasteiger charge is -2.44. The molecule has 190 valence electrons. The Balaban J connectivity index is 1.40. The Labute approximate surface area is 210 Å². The molecule has 3 aliphatic rings. The van der Waals surface area contributed by atoms with E-state index >= 15 is 0 Å². The first-order valence-electron chi connectivity index (χ1n) is 11.7. The molecule has 6 rings (SSSR count). The van der Waals surface area contributed by atoms with Gasteiger partial charge in [-0.1, -0.05) is 11.6 Å². The molecule has 2 aliphatic heterocycles. The topological polar surface area (TPSA) is 105 Å². The number of halogens is 3. The number of nitrogens with zero attached hydrogens (tertiary/aromatic N) is 4. The van der Waals surface area contributed by atoms with E-state index in [1.807, 2.05) is 4.90 Å². The molecule has 1 aromatic carbocycles. The van der Waals surface area contributed by atoms with Crippen molar-refractivity contribution in [2.75, 3.05) is 35.2 Å². The van der Waals surface area contributed by atoms with Crippen LogP contribution in [0.25, 0.3) is 10.9 Å². The summed E-state index contributed by atoms with van der Waals surface area (Å²) in [6.07, 6.45) is 2.89. The molecule has 1 saturated heterocycles. The summed E-state index contributed by atoms with van der Waals surface area (Å²) in [6.45, 7) is 1.70. The van der Waals surface area contributed by atoms with Crippen LogP contribution < -0.4 is 25.8 Å². The van der Waals surface area contributed by atoms with Crippen LogP contribution in [0.15, 0.2) is 29.2 Å². The van der Waals surface area contributed by atoms with Gasteiger partial charge in [0, 0.05) is 18.1 Å². The van der Waals surface area contributed by atoms with E-state index in [4.69, 9.17) is 16.3 Å². The number of aliphatic hydroxyl groups is 1. The number of alkyl halides is 2. The summed E-state index contributed by atoms with van der Waals surface area (Å²) in [6, 6.07) is 4.13. The van der Waals surface area contributed by atoms with Crippen molar-refractivity contribution in [2.45, 2.75) is 37.3 Å². The monoisotopic (exact) mass is 518 g/mol. The summed E-state index contributed by atoms with van der Waals surface area (Å²) < 4.78 is 36.5. The molecule has 3 N–H and O–H groups in total. The standard InChI is InChI=1S/C24H25ClF2N6O3/c1-23(35)9-33(10-23)22-28-8-15(25)20(31-22)29-13-5-6-16-14(7-13)17-18(21(34)32(16)2)36-11-24(26,27)19(30-17)12-3-4-12/h5-8,12,19,30,35H,3-4,9-11H2,1-2H3,(H,28,29,31). The molecule has 0 radical (unpaired) electrons. The van der Waals surface area contributed by atoms with E-state index in [0.29, 0.717) is 59.3 Å². The Hall–Kier alpha value is -3.18. The van der Waals surface area contributed by atoms with E-state index in [1.165, 1.54) is 10.8 Å². The number of aryl methyl sites for hydroxylation is 1. The highest BCUT2D eigenvalue weighted by Gasteiger charge is 2.51. The molecule has 0 spiro atoms. The van der Waals surface area contributed by atoms with Crippen LogP contribution in [0.4, 0.5) is 31.9 Å². The molecule has 2 aromatic heterocycles. The smallest absolute Gasteiger partial charge is 0.301 e. The molecule has 36 heavy (non-hydrogen) atoms. The number of fused-ring (bicyclic) bond motifs is 3. The zero-order valence-electron chi connectivity index (χ0n) is 19.7. The van der Waals surface area contributed by atoms with Crippen LogP contribution in [0.3, 0.4) is 0 Å². The molecule has 2 fully saturated rings. The largest absolute Gasteiger partial charge is 0.480 e. The van der Waals surface area contributed by atoms with Gasteiger partial charge in [0.1, 0.15) is 5.02 Å². The van der Waals surface area contributed by atoms with Crippen LogP contribution >= 0.6 is 11.6 Å². The zero-order valence-corrected chi connectivity index (χ0v) is 20.4. The minimum Gasteiger partial charge on any atom is -0.480 e. The van der Waals surface area contributed by atoms with Crippen molar-refractivity contribution in [1.82, 2.24) is 14.5 Å². The quantitative estimate of drug-likeness (QED) is 0.482. The Morgan fingerprint density at radius 2 is 2.06 bits per heavy atom. The van der Waals surface area contributed by atoms with E-state index in [9.17, 15) is 18.7 Å². The van der Waals surface area contributed by atoms with E-state index in [-0.39, 0.29) is 17.4 Å². The molecule has 9 nitrogen and oxygen atoms in total. The fourth-order valence-corrected chi connectivity index (χ4v) is 5.08. The van der Waals surface area contributed by atoms with Crippen LogP contribution in [0.5, 0.6) is 5.75 Å². The van der Waals surface area contributed by atoms with Crippen molar-refractivity contribution in [3.8, 4) is 5.75 Å². The lowest BCUT2D eigenvalue weighted by molar-refractivity contribution is -0.0579. The van der Waals surface area contributed by atoms with Gasteiger partial charge in [0.25, 0.3) is 5.56 Å². The summed E-state index contributed by atoms with van der Waals surface area (Å²) >= 11 is 6.34. The predicted octanol–water partition coefficient (Wildman–Crippen LogP) is 3.51. The van der Waals surface area contributed by atoms with Crippen LogP contribution in [0.1, 0.15) is 19.8 Å². The summed E-state index contributed by atoms with van der Waals surface area (Å²) in [5.74, 6) is -2.61. The molecule has 1 aliphatic carbocycles. The Bertz CT molecular complexity index is 1430. The lowest BCUT2D eigenvalue weighted by atomic mass is 9.98. The molecule has 0 bridgehead atoms. The number of aromatic nitrogens is 3. The fraction of sp³-hybridized carbons (Fsp3) is 0.458. The number of hydrogen-bond acceptors (Lipinski definition) is 8. The van der Waals surface area contributed by atoms with Crippen molar-refractivity contribution < 1.29 is 18.6 Å². The van der Waals surface area contributed by atoms with Crippen molar-refractivity contribution >= 4 is 45.6 Å². The summed E-state index contributed by atoms with van der Waals surface area (Å²) in [4.78, 5) is 23.5. The van der Waals surface area contributed by atoms with E-state index in [1.54, 1.807) is 32.2 Å². The molecule has 1 atom stereocenters. The van der Waals surface area contributed by atoms with Crippen molar-refractivity contribution in [3.05, 3.63) is 39.8 Å². The van der Waals surface area contributed by atoms with Crippen molar-refractivity contribution in [1.29, 1.82) is 0 Å². The number of pyridine rings is 1. The number of hydrogen-bond donors (Lipinski definition) is 3. The highest BCUT2D eigenvalue weighted by Crippen LogP contribution is 2.45. The number of nitrogens with one attached hydrogen (secondary N) is 2. The number of β-amino-alcohol motifs (C(OH)–C–C–N with tert-alkyl or cyclic N) is 1. The van der Waals surface area contributed by atoms with Crippen LogP contribution in [-0.4, -0.2) is 56.9 Å². The average molecular weight is 519 g/mol. The highest BCUT2D eigenvalue weighted by atomic mass is 35.5. The van der Waals surface area contributed by atoms with Gasteiger partial charge in [0.2, 0.25) is 11.7 Å². The zero-order chi connectivity index (χ0) is 25.4. The first-order valence-corrected chi connectivity index (χ1v) is 12.1. The second-order valence-corrected chi connectivity index (χ2v) is 10.6. The molecule has 12 heteroatoms. The Kier molecular flexibility index (Phi) is 5.10. The van der Waals surface area contributed by atoms with Gasteiger partial charge in [-0.25, -0.2) is 13.8 Å². The normalized spacial score (nSPS) is 22.2. The van der Waals surface area contributed by atoms with Gasteiger partial charge in [-0.15, -0.1) is 0 Å². The molecule has 4 heterocycles. The molecule has 1 unspecified atom stereocenters. The number of benzene rings is 1. The Morgan fingerprint density at radius 1 is 1.31 bits per heavy atom. The lowest BCUT2D eigenvalue weighted by Crippen LogP contribution is -2.60. The SMILES string of the molecule is Cn1c(=O)c2c(c3cc(Nc4nc(N5CC(C)(O)C5)ncc4Cl)ccc31)NC(C1CC1)C(F)(F)CO2. The van der Waals surface area contributed by atoms with Gasteiger partial charge in [0.05, 0.1) is 42.1 Å². The van der Waals surface area contributed by atoms with E-state index in [0.717, 1.165) is 0 Å². The second kappa shape index (κ2) is 7.91. The average Bonchev–Trinajstić information content (AvgIpc) is 3.65. The summed E-state index contributed by atoms with van der Waals surface area (Å²) in [5, 5.41) is 17.0. The van der Waals surface area contributed by atoms with Gasteiger partial charge < -0.3 is 29.9 Å². The summed E-state index contributed by atoms with van der Waals surface area (Å²) in [7, 11) is 1.58. The summed E-state index contributed by atoms with van der Waals surface area (Å²) in [5.41, 5.74) is 0.158. The van der Waals surface area contributed by atoms with Crippen molar-refractivity contribution in [3.63, 3.8) is 0 Å². The highest BCUT2D eigenvalue weighted by molar-refractivity contribution is 6.33. The van der Waals surface area contributed by atoms with Gasteiger partial charge in [0.15, 0.2) is 12.4 Å². The number of rotatable bonds is 4. The van der Waals surface area contributed by atoms with Gasteiger partial charge in [-0.3, -0.25) is 4.79 Å². The minimum absolute atomic E-state index is 0.114.